The summed E-state index contributed by atoms with van der Waals surface area (Å²) in [5.74, 6) is 0.663. The smallest absolute Gasteiger partial charge is 0.0887 e. The predicted octanol–water partition coefficient (Wildman–Crippen LogP) is 0.864. The Balaban J connectivity index is 2.35. The molecular weight excluding hydrogens is 114 g/mol. The molecule has 1 fully saturated rings. The Morgan fingerprint density at radius 1 is 1.44 bits per heavy atom. The van der Waals surface area contributed by atoms with E-state index in [4.69, 9.17) is 0 Å². The van der Waals surface area contributed by atoms with Gasteiger partial charge in [0.2, 0.25) is 0 Å². The largest absolute Gasteiger partial charge is 0.197 e. The van der Waals surface area contributed by atoms with Gasteiger partial charge in [-0.15, -0.1) is 0 Å². The molecule has 1 aliphatic rings. The number of H-pyrrole nitrogens is 1. The second kappa shape index (κ2) is 1.56. The van der Waals surface area contributed by atoms with Gasteiger partial charge >= 0.3 is 0 Å². The number of hydrogen-bond donors (Lipinski definition) is 1. The van der Waals surface area contributed by atoms with Crippen molar-refractivity contribution in [2.24, 2.45) is 0 Å². The zero-order valence-corrected chi connectivity index (χ0v) is 5.09. The molecule has 1 aliphatic carbocycles. The quantitative estimate of drug-likeness (QED) is 0.600. The fraction of sp³-hybridized carbons (Fsp3) is 0.500. The highest BCUT2D eigenvalue weighted by Crippen LogP contribution is 2.39. The van der Waals surface area contributed by atoms with Crippen LogP contribution in [-0.2, 0) is 0 Å². The molecule has 0 saturated heterocycles. The Kier molecular flexibility index (Phi) is 0.860. The summed E-state index contributed by atoms with van der Waals surface area (Å²) in [5.41, 5.74) is 1.88. The number of aromatic nitrogens is 3. The molecule has 0 bridgehead atoms. The lowest BCUT2D eigenvalue weighted by atomic mass is 10.2. The van der Waals surface area contributed by atoms with Crippen molar-refractivity contribution < 1.29 is 0 Å². The summed E-state index contributed by atoms with van der Waals surface area (Å²) < 4.78 is 0. The second-order valence-electron chi connectivity index (χ2n) is 2.43. The van der Waals surface area contributed by atoms with Crippen molar-refractivity contribution >= 4 is 0 Å². The Bertz CT molecular complexity index is 212. The standard InChI is InChI=1S/C6H8N3/c1-4-6(5-2-3-5)8-9-7-4/h5H,1-3H2,(H,7,8,9). The maximum absolute atomic E-state index is 3.98. The van der Waals surface area contributed by atoms with E-state index in [1.54, 1.807) is 0 Å². The molecule has 1 heterocycles. The molecule has 0 spiro atoms. The van der Waals surface area contributed by atoms with Crippen LogP contribution in [0.3, 0.4) is 0 Å². The van der Waals surface area contributed by atoms with Crippen LogP contribution in [0.1, 0.15) is 30.1 Å². The predicted molar refractivity (Wildman–Crippen MR) is 32.8 cm³/mol. The minimum absolute atomic E-state index is 0.663. The summed E-state index contributed by atoms with van der Waals surface area (Å²) >= 11 is 0. The molecule has 1 aromatic heterocycles. The number of nitrogens with one attached hydrogen (secondary N) is 1. The third-order valence-corrected chi connectivity index (χ3v) is 1.62. The van der Waals surface area contributed by atoms with E-state index in [9.17, 15) is 0 Å². The molecule has 9 heavy (non-hydrogen) atoms. The first-order valence-corrected chi connectivity index (χ1v) is 3.10. The summed E-state index contributed by atoms with van der Waals surface area (Å²) in [6.07, 6.45) is 2.52. The minimum Gasteiger partial charge on any atom is -0.197 e. The van der Waals surface area contributed by atoms with Crippen LogP contribution in [0.4, 0.5) is 0 Å². The van der Waals surface area contributed by atoms with E-state index in [1.165, 1.54) is 12.8 Å². The van der Waals surface area contributed by atoms with E-state index in [0.717, 1.165) is 11.4 Å². The van der Waals surface area contributed by atoms with Crippen LogP contribution in [0.15, 0.2) is 0 Å². The summed E-state index contributed by atoms with van der Waals surface area (Å²) in [4.78, 5) is 0. The molecule has 1 radical (unpaired) electrons. The molecule has 1 N–H and O–H groups in total. The van der Waals surface area contributed by atoms with Gasteiger partial charge in [-0.3, -0.25) is 0 Å². The summed E-state index contributed by atoms with van der Waals surface area (Å²) in [6.45, 7) is 3.74. The molecule has 0 aromatic carbocycles. The van der Waals surface area contributed by atoms with Crippen LogP contribution in [0.25, 0.3) is 0 Å². The first-order valence-electron chi connectivity index (χ1n) is 3.10. The Morgan fingerprint density at radius 2 is 2.22 bits per heavy atom. The average molecular weight is 122 g/mol. The van der Waals surface area contributed by atoms with Crippen molar-refractivity contribution in [2.45, 2.75) is 18.8 Å². The number of aromatic amines is 1. The van der Waals surface area contributed by atoms with Gasteiger partial charge in [0, 0.05) is 5.92 Å². The van der Waals surface area contributed by atoms with Crippen molar-refractivity contribution in [1.82, 2.24) is 15.4 Å². The van der Waals surface area contributed by atoms with Gasteiger partial charge in [-0.05, 0) is 19.8 Å². The van der Waals surface area contributed by atoms with E-state index in [0.29, 0.717) is 5.92 Å². The van der Waals surface area contributed by atoms with Gasteiger partial charge < -0.3 is 0 Å². The molecule has 3 heteroatoms. The Hall–Kier alpha value is -0.860. The first kappa shape index (κ1) is 4.97. The lowest BCUT2D eigenvalue weighted by Gasteiger charge is -1.85. The highest BCUT2D eigenvalue weighted by molar-refractivity contribution is 5.20. The van der Waals surface area contributed by atoms with Crippen LogP contribution < -0.4 is 0 Å². The molecule has 1 aromatic rings. The fourth-order valence-corrected chi connectivity index (χ4v) is 0.945. The summed E-state index contributed by atoms with van der Waals surface area (Å²) in [6, 6.07) is 0. The Morgan fingerprint density at radius 3 is 2.67 bits per heavy atom. The van der Waals surface area contributed by atoms with E-state index >= 15 is 0 Å². The van der Waals surface area contributed by atoms with Gasteiger partial charge in [0.1, 0.15) is 0 Å². The van der Waals surface area contributed by atoms with Crippen LogP contribution in [0.5, 0.6) is 0 Å². The molecule has 3 nitrogen and oxygen atoms in total. The van der Waals surface area contributed by atoms with E-state index in [2.05, 4.69) is 22.3 Å². The zero-order valence-electron chi connectivity index (χ0n) is 5.09. The molecule has 0 unspecified atom stereocenters. The van der Waals surface area contributed by atoms with Crippen LogP contribution in [0, 0.1) is 6.92 Å². The molecule has 0 amide bonds. The van der Waals surface area contributed by atoms with Gasteiger partial charge in [-0.1, -0.05) is 0 Å². The second-order valence-corrected chi connectivity index (χ2v) is 2.43. The SMILES string of the molecule is [CH2]c1n[nH]nc1C1CC1. The van der Waals surface area contributed by atoms with E-state index < -0.39 is 0 Å². The van der Waals surface area contributed by atoms with E-state index in [1.807, 2.05) is 0 Å². The van der Waals surface area contributed by atoms with Gasteiger partial charge in [0.15, 0.2) is 0 Å². The van der Waals surface area contributed by atoms with Gasteiger partial charge in [0.25, 0.3) is 0 Å². The molecule has 47 valence electrons. The maximum atomic E-state index is 3.98. The highest BCUT2D eigenvalue weighted by Gasteiger charge is 2.27. The maximum Gasteiger partial charge on any atom is 0.0887 e. The fourth-order valence-electron chi connectivity index (χ4n) is 0.945. The molecule has 2 rings (SSSR count). The number of rotatable bonds is 1. The lowest BCUT2D eigenvalue weighted by Crippen LogP contribution is -1.81. The number of hydrogen-bond acceptors (Lipinski definition) is 2. The third kappa shape index (κ3) is 0.724. The molecular formula is C6H8N3. The lowest BCUT2D eigenvalue weighted by molar-refractivity contribution is 0.903. The van der Waals surface area contributed by atoms with Crippen molar-refractivity contribution in [3.63, 3.8) is 0 Å². The van der Waals surface area contributed by atoms with E-state index in [-0.39, 0.29) is 0 Å². The molecule has 1 saturated carbocycles. The van der Waals surface area contributed by atoms with Crippen molar-refractivity contribution in [1.29, 1.82) is 0 Å². The summed E-state index contributed by atoms with van der Waals surface area (Å²) in [5, 5.41) is 10.4. The van der Waals surface area contributed by atoms with Crippen molar-refractivity contribution in [2.75, 3.05) is 0 Å². The normalized spacial score (nSPS) is 18.3. The van der Waals surface area contributed by atoms with Crippen LogP contribution >= 0.6 is 0 Å². The third-order valence-electron chi connectivity index (χ3n) is 1.62. The number of nitrogens with zero attached hydrogens (tertiary/aromatic N) is 2. The monoisotopic (exact) mass is 122 g/mol. The van der Waals surface area contributed by atoms with Crippen LogP contribution in [-0.4, -0.2) is 15.4 Å². The molecule has 0 aliphatic heterocycles. The highest BCUT2D eigenvalue weighted by atomic mass is 15.3. The van der Waals surface area contributed by atoms with Gasteiger partial charge in [0.05, 0.1) is 11.4 Å². The molecule has 0 atom stereocenters. The minimum atomic E-state index is 0.663. The van der Waals surface area contributed by atoms with Crippen LogP contribution in [0.2, 0.25) is 0 Å². The van der Waals surface area contributed by atoms with Gasteiger partial charge in [-0.2, -0.15) is 15.4 Å². The zero-order chi connectivity index (χ0) is 6.27. The van der Waals surface area contributed by atoms with Crippen molar-refractivity contribution in [3.8, 4) is 0 Å². The summed E-state index contributed by atoms with van der Waals surface area (Å²) in [7, 11) is 0. The Labute approximate surface area is 53.5 Å². The first-order chi connectivity index (χ1) is 4.38. The van der Waals surface area contributed by atoms with Gasteiger partial charge in [-0.25, -0.2) is 0 Å². The topological polar surface area (TPSA) is 41.6 Å². The average Bonchev–Trinajstić information content (AvgIpc) is 2.58. The van der Waals surface area contributed by atoms with Crippen molar-refractivity contribution in [3.05, 3.63) is 18.3 Å².